The molecule has 2 rings (SSSR count). The van der Waals surface area contributed by atoms with Crippen LogP contribution in [0, 0.1) is 33.2 Å². The van der Waals surface area contributed by atoms with E-state index in [1.807, 2.05) is 6.07 Å². The molecule has 21 heavy (non-hydrogen) atoms. The molecule has 1 aliphatic rings. The molecule has 1 heterocycles. The zero-order chi connectivity index (χ0) is 15.6. The summed E-state index contributed by atoms with van der Waals surface area (Å²) in [6.07, 6.45) is 1.10. The Labute approximate surface area is 120 Å². The van der Waals surface area contributed by atoms with Crippen molar-refractivity contribution in [2.75, 3.05) is 13.1 Å². The van der Waals surface area contributed by atoms with Crippen LogP contribution in [0.2, 0.25) is 0 Å². The van der Waals surface area contributed by atoms with Crippen molar-refractivity contribution in [3.63, 3.8) is 0 Å². The topological polar surface area (TPSA) is 104 Å². The molecule has 0 aromatic heterocycles. The van der Waals surface area contributed by atoms with Gasteiger partial charge >= 0.3 is 0 Å². The zero-order valence-corrected chi connectivity index (χ0v) is 11.7. The maximum Gasteiger partial charge on any atom is 0.292 e. The molecule has 0 radical (unpaired) electrons. The number of halogens is 1. The fourth-order valence-corrected chi connectivity index (χ4v) is 3.92. The molecule has 0 saturated carbocycles. The van der Waals surface area contributed by atoms with Gasteiger partial charge in [0.05, 0.1) is 23.0 Å². The molecular formula is C12H12FN3O4S. The van der Waals surface area contributed by atoms with Gasteiger partial charge in [-0.25, -0.2) is 12.8 Å². The number of rotatable bonds is 3. The van der Waals surface area contributed by atoms with Gasteiger partial charge in [0.1, 0.15) is 5.82 Å². The maximum atomic E-state index is 13.1. The molecule has 1 aromatic rings. The SMILES string of the molecule is N#CC1CCCN(S(=O)(=O)c2ccc(F)cc2[N+](=O)[O-])C1. The monoisotopic (exact) mass is 313 g/mol. The van der Waals surface area contributed by atoms with Gasteiger partial charge in [0, 0.05) is 13.1 Å². The first-order valence-corrected chi connectivity index (χ1v) is 7.64. The number of benzene rings is 1. The molecule has 0 amide bonds. The van der Waals surface area contributed by atoms with Gasteiger partial charge in [-0.2, -0.15) is 9.57 Å². The van der Waals surface area contributed by atoms with Crippen LogP contribution >= 0.6 is 0 Å². The summed E-state index contributed by atoms with van der Waals surface area (Å²) in [6, 6.07) is 4.34. The summed E-state index contributed by atoms with van der Waals surface area (Å²) in [5.41, 5.74) is -0.797. The van der Waals surface area contributed by atoms with Crippen molar-refractivity contribution >= 4 is 15.7 Å². The van der Waals surface area contributed by atoms with E-state index in [-0.39, 0.29) is 13.1 Å². The minimum absolute atomic E-state index is 0.00658. The minimum atomic E-state index is -4.12. The van der Waals surface area contributed by atoms with Crippen LogP contribution in [0.4, 0.5) is 10.1 Å². The Bertz CT molecular complexity index is 714. The first kappa shape index (κ1) is 15.3. The van der Waals surface area contributed by atoms with Crippen molar-refractivity contribution in [3.05, 3.63) is 34.1 Å². The molecule has 1 aliphatic heterocycles. The smallest absolute Gasteiger partial charge is 0.258 e. The fraction of sp³-hybridized carbons (Fsp3) is 0.417. The Kier molecular flexibility index (Phi) is 4.20. The first-order valence-electron chi connectivity index (χ1n) is 6.20. The average Bonchev–Trinajstić information content (AvgIpc) is 2.46. The summed E-state index contributed by atoms with van der Waals surface area (Å²) >= 11 is 0. The molecule has 1 atom stereocenters. The van der Waals surface area contributed by atoms with Crippen molar-refractivity contribution in [2.45, 2.75) is 17.7 Å². The second-order valence-electron chi connectivity index (χ2n) is 4.70. The van der Waals surface area contributed by atoms with Crippen molar-refractivity contribution in [3.8, 4) is 6.07 Å². The van der Waals surface area contributed by atoms with Crippen LogP contribution in [-0.4, -0.2) is 30.7 Å². The number of piperidine rings is 1. The number of sulfonamides is 1. The molecule has 1 aromatic carbocycles. The minimum Gasteiger partial charge on any atom is -0.258 e. The van der Waals surface area contributed by atoms with E-state index < -0.39 is 37.3 Å². The van der Waals surface area contributed by atoms with E-state index in [0.717, 1.165) is 16.4 Å². The highest BCUT2D eigenvalue weighted by Gasteiger charge is 2.35. The molecule has 0 aliphatic carbocycles. The quantitative estimate of drug-likeness (QED) is 0.623. The van der Waals surface area contributed by atoms with Crippen LogP contribution in [0.3, 0.4) is 0 Å². The number of nitrogens with zero attached hydrogens (tertiary/aromatic N) is 3. The summed E-state index contributed by atoms with van der Waals surface area (Å²) in [6.45, 7) is 0.183. The van der Waals surface area contributed by atoms with Crippen LogP contribution in [0.5, 0.6) is 0 Å². The Morgan fingerprint density at radius 2 is 2.19 bits per heavy atom. The van der Waals surface area contributed by atoms with Crippen molar-refractivity contribution in [2.24, 2.45) is 5.92 Å². The predicted molar refractivity (Wildman–Crippen MR) is 70.2 cm³/mol. The molecule has 9 heteroatoms. The molecule has 112 valence electrons. The third kappa shape index (κ3) is 3.01. The molecule has 0 bridgehead atoms. The Morgan fingerprint density at radius 1 is 1.48 bits per heavy atom. The lowest BCUT2D eigenvalue weighted by atomic mass is 10.0. The third-order valence-electron chi connectivity index (χ3n) is 3.30. The van der Waals surface area contributed by atoms with E-state index in [1.165, 1.54) is 0 Å². The summed E-state index contributed by atoms with van der Waals surface area (Å²) < 4.78 is 39.1. The van der Waals surface area contributed by atoms with Crippen LogP contribution in [0.15, 0.2) is 23.1 Å². The van der Waals surface area contributed by atoms with Crippen LogP contribution in [0.25, 0.3) is 0 Å². The number of nitro benzene ring substituents is 1. The fourth-order valence-electron chi connectivity index (χ4n) is 2.26. The molecule has 1 fully saturated rings. The third-order valence-corrected chi connectivity index (χ3v) is 5.21. The van der Waals surface area contributed by atoms with Gasteiger partial charge in [-0.05, 0) is 25.0 Å². The molecular weight excluding hydrogens is 301 g/mol. The molecule has 0 spiro atoms. The van der Waals surface area contributed by atoms with Gasteiger partial charge in [0.25, 0.3) is 5.69 Å². The molecule has 0 N–H and O–H groups in total. The first-order chi connectivity index (χ1) is 9.86. The largest absolute Gasteiger partial charge is 0.292 e. The van der Waals surface area contributed by atoms with E-state index in [2.05, 4.69) is 0 Å². The lowest BCUT2D eigenvalue weighted by Crippen LogP contribution is -2.39. The van der Waals surface area contributed by atoms with Crippen LogP contribution in [0.1, 0.15) is 12.8 Å². The Balaban J connectivity index is 2.45. The van der Waals surface area contributed by atoms with Crippen LogP contribution < -0.4 is 0 Å². The lowest BCUT2D eigenvalue weighted by Gasteiger charge is -2.28. The van der Waals surface area contributed by atoms with Gasteiger partial charge in [-0.3, -0.25) is 10.1 Å². The predicted octanol–water partition coefficient (Wildman–Crippen LogP) is 1.66. The molecule has 1 unspecified atom stereocenters. The van der Waals surface area contributed by atoms with Crippen molar-refractivity contribution in [1.29, 1.82) is 5.26 Å². The second-order valence-corrected chi connectivity index (χ2v) is 6.61. The van der Waals surface area contributed by atoms with Crippen molar-refractivity contribution < 1.29 is 17.7 Å². The van der Waals surface area contributed by atoms with Gasteiger partial charge in [-0.1, -0.05) is 0 Å². The lowest BCUT2D eigenvalue weighted by molar-refractivity contribution is -0.388. The van der Waals surface area contributed by atoms with E-state index in [4.69, 9.17) is 5.26 Å². The van der Waals surface area contributed by atoms with E-state index in [9.17, 15) is 22.9 Å². The van der Waals surface area contributed by atoms with Gasteiger partial charge in [0.2, 0.25) is 10.0 Å². The normalized spacial score (nSPS) is 19.9. The van der Waals surface area contributed by atoms with Gasteiger partial charge in [0.15, 0.2) is 4.90 Å². The van der Waals surface area contributed by atoms with E-state index in [1.54, 1.807) is 0 Å². The van der Waals surface area contributed by atoms with Crippen molar-refractivity contribution in [1.82, 2.24) is 4.31 Å². The molecule has 1 saturated heterocycles. The average molecular weight is 313 g/mol. The standard InChI is InChI=1S/C12H12FN3O4S/c13-10-3-4-12(11(6-10)16(17)18)21(19,20)15-5-1-2-9(7-14)8-15/h3-4,6,9H,1-2,5,8H2. The number of hydrogen-bond donors (Lipinski definition) is 0. The highest BCUT2D eigenvalue weighted by molar-refractivity contribution is 7.89. The second kappa shape index (κ2) is 5.75. The van der Waals surface area contributed by atoms with Gasteiger partial charge in [-0.15, -0.1) is 0 Å². The highest BCUT2D eigenvalue weighted by atomic mass is 32.2. The maximum absolute atomic E-state index is 13.1. The summed E-state index contributed by atoms with van der Waals surface area (Å²) in [5.74, 6) is -1.32. The Morgan fingerprint density at radius 3 is 2.81 bits per heavy atom. The van der Waals surface area contributed by atoms with E-state index >= 15 is 0 Å². The summed E-state index contributed by atoms with van der Waals surface area (Å²) in [5, 5.41) is 19.8. The van der Waals surface area contributed by atoms with E-state index in [0.29, 0.717) is 18.9 Å². The molecule has 7 nitrogen and oxygen atoms in total. The van der Waals surface area contributed by atoms with Gasteiger partial charge < -0.3 is 0 Å². The number of nitriles is 1. The van der Waals surface area contributed by atoms with Crippen LogP contribution in [-0.2, 0) is 10.0 Å². The summed E-state index contributed by atoms with van der Waals surface area (Å²) in [7, 11) is -4.12. The zero-order valence-electron chi connectivity index (χ0n) is 10.9. The summed E-state index contributed by atoms with van der Waals surface area (Å²) in [4.78, 5) is 9.45. The highest BCUT2D eigenvalue weighted by Crippen LogP contribution is 2.30. The Hall–Kier alpha value is -2.05. The number of hydrogen-bond acceptors (Lipinski definition) is 5. The number of nitro groups is 1.